The number of nitro benzene ring substituents is 1. The predicted molar refractivity (Wildman–Crippen MR) is 62.7 cm³/mol. The Kier molecular flexibility index (Phi) is 6.20. The Morgan fingerprint density at radius 2 is 0.906 bits per heavy atom. The molecule has 20 heteroatoms. The molecule has 0 aliphatic carbocycles. The maximum atomic E-state index is 13.8. The molecule has 0 amide bonds. The molecule has 3 nitrogen and oxygen atoms in total. The second-order valence-electron chi connectivity index (χ2n) is 5.61. The van der Waals surface area contributed by atoms with E-state index < -0.39 is 75.2 Å². The van der Waals surface area contributed by atoms with E-state index in [1.807, 2.05) is 0 Å². The van der Waals surface area contributed by atoms with E-state index in [1.165, 1.54) is 0 Å². The third-order valence-corrected chi connectivity index (χ3v) is 3.67. The van der Waals surface area contributed by atoms with Gasteiger partial charge in [-0.3, -0.25) is 10.1 Å². The molecule has 0 unspecified atom stereocenters. The van der Waals surface area contributed by atoms with E-state index in [9.17, 15) is 84.8 Å². The molecule has 1 aromatic rings. The van der Waals surface area contributed by atoms with Gasteiger partial charge in [-0.1, -0.05) is 0 Å². The smallest absolute Gasteiger partial charge is 0.258 e. The minimum atomic E-state index is -8.53. The van der Waals surface area contributed by atoms with Crippen LogP contribution in [0.3, 0.4) is 0 Å². The molecule has 0 saturated carbocycles. The SMILES string of the molecule is O=[N+]([O-])c1c(F)c(F)c(F)c(C(F)(F)C(F)(F)C(F)(F)C(F)(F)C(F)(F)C(F)(F)F)c1F. The summed E-state index contributed by atoms with van der Waals surface area (Å²) in [5.74, 6) is -56.0. The Labute approximate surface area is 161 Å². The van der Waals surface area contributed by atoms with Gasteiger partial charge >= 0.3 is 41.5 Å². The van der Waals surface area contributed by atoms with Gasteiger partial charge in [0.15, 0.2) is 5.82 Å². The minimum absolute atomic E-state index is 2.53. The normalized spacial score (nSPS) is 14.7. The number of hydrogen-bond acceptors (Lipinski definition) is 2. The predicted octanol–water partition coefficient (Wildman–Crippen LogP) is 6.35. The molecular formula is C12F17NO2. The van der Waals surface area contributed by atoms with Crippen LogP contribution >= 0.6 is 0 Å². The van der Waals surface area contributed by atoms with Crippen LogP contribution < -0.4 is 0 Å². The van der Waals surface area contributed by atoms with Crippen LogP contribution in [0.1, 0.15) is 5.56 Å². The summed E-state index contributed by atoms with van der Waals surface area (Å²) >= 11 is 0. The van der Waals surface area contributed by atoms with Crippen LogP contribution in [0.15, 0.2) is 0 Å². The van der Waals surface area contributed by atoms with Crippen LogP contribution in [0.25, 0.3) is 0 Å². The van der Waals surface area contributed by atoms with Crippen LogP contribution in [0.2, 0.25) is 0 Å². The molecule has 0 saturated heterocycles. The Morgan fingerprint density at radius 3 is 1.25 bits per heavy atom. The number of nitro groups is 1. The van der Waals surface area contributed by atoms with Crippen LogP contribution in [-0.4, -0.2) is 34.8 Å². The lowest BCUT2D eigenvalue weighted by Crippen LogP contribution is -2.69. The Balaban J connectivity index is 3.98. The molecule has 32 heavy (non-hydrogen) atoms. The van der Waals surface area contributed by atoms with Crippen molar-refractivity contribution in [3.63, 3.8) is 0 Å². The molecule has 0 N–H and O–H groups in total. The van der Waals surface area contributed by atoms with Gasteiger partial charge in [-0.05, 0) is 0 Å². The summed E-state index contributed by atoms with van der Waals surface area (Å²) in [5, 5.41) is 10.3. The van der Waals surface area contributed by atoms with Crippen molar-refractivity contribution in [2.75, 3.05) is 0 Å². The van der Waals surface area contributed by atoms with E-state index >= 15 is 0 Å². The Bertz CT molecular complexity index is 935. The van der Waals surface area contributed by atoms with E-state index in [4.69, 9.17) is 0 Å². The number of nitrogens with zero attached hydrogens (tertiary/aromatic N) is 1. The van der Waals surface area contributed by atoms with Crippen molar-refractivity contribution >= 4 is 5.69 Å². The van der Waals surface area contributed by atoms with Crippen molar-refractivity contribution in [2.45, 2.75) is 35.8 Å². The highest BCUT2D eigenvalue weighted by Crippen LogP contribution is 2.62. The second-order valence-corrected chi connectivity index (χ2v) is 5.61. The topological polar surface area (TPSA) is 43.1 Å². The molecule has 0 spiro atoms. The summed E-state index contributed by atoms with van der Waals surface area (Å²) < 4.78 is 223. The fraction of sp³-hybridized carbons (Fsp3) is 0.500. The summed E-state index contributed by atoms with van der Waals surface area (Å²) in [6.07, 6.45) is -7.78. The zero-order valence-electron chi connectivity index (χ0n) is 13.7. The van der Waals surface area contributed by atoms with E-state index in [1.54, 1.807) is 0 Å². The average Bonchev–Trinajstić information content (AvgIpc) is 2.57. The fourth-order valence-electron chi connectivity index (χ4n) is 1.98. The number of halogens is 17. The molecule has 0 aliphatic rings. The lowest BCUT2D eigenvalue weighted by molar-refractivity contribution is -0.442. The zero-order chi connectivity index (χ0) is 26.0. The van der Waals surface area contributed by atoms with Gasteiger partial charge in [0.05, 0.1) is 4.92 Å². The Hall–Kier alpha value is -2.57. The van der Waals surface area contributed by atoms with Gasteiger partial charge in [0, 0.05) is 0 Å². The van der Waals surface area contributed by atoms with E-state index in [0.717, 1.165) is 0 Å². The largest absolute Gasteiger partial charge is 0.460 e. The molecule has 0 heterocycles. The van der Waals surface area contributed by atoms with Crippen molar-refractivity contribution in [2.24, 2.45) is 0 Å². The van der Waals surface area contributed by atoms with Gasteiger partial charge in [-0.25, -0.2) is 8.78 Å². The molecule has 184 valence electrons. The van der Waals surface area contributed by atoms with Crippen molar-refractivity contribution in [1.82, 2.24) is 0 Å². The van der Waals surface area contributed by atoms with Gasteiger partial charge in [0.1, 0.15) is 5.56 Å². The highest BCUT2D eigenvalue weighted by Gasteiger charge is 2.91. The first-order valence-corrected chi connectivity index (χ1v) is 6.80. The highest BCUT2D eigenvalue weighted by molar-refractivity contribution is 5.43. The molecular weight excluding hydrogens is 513 g/mol. The Morgan fingerprint density at radius 1 is 0.531 bits per heavy atom. The first kappa shape index (κ1) is 27.5. The molecule has 0 aliphatic heterocycles. The van der Waals surface area contributed by atoms with Gasteiger partial charge in [-0.2, -0.15) is 65.9 Å². The van der Waals surface area contributed by atoms with Gasteiger partial charge in [0.25, 0.3) is 0 Å². The molecule has 1 aromatic carbocycles. The third kappa shape index (κ3) is 3.28. The van der Waals surface area contributed by atoms with Crippen LogP contribution in [0.4, 0.5) is 80.3 Å². The van der Waals surface area contributed by atoms with Gasteiger partial charge in [-0.15, -0.1) is 0 Å². The lowest BCUT2D eigenvalue weighted by Gasteiger charge is -2.39. The highest BCUT2D eigenvalue weighted by atomic mass is 19.4. The summed E-state index contributed by atoms with van der Waals surface area (Å²) in [4.78, 5) is 7.81. The zero-order valence-corrected chi connectivity index (χ0v) is 13.7. The van der Waals surface area contributed by atoms with Gasteiger partial charge in [0.2, 0.25) is 17.5 Å². The standard InChI is InChI=1S/C12F17NO2/c13-2-1(3(14)6(30(31)32)5(16)4(2)15)7(17,18)8(19,20)9(21,22)10(23,24)11(25,26)12(27,28)29. The minimum Gasteiger partial charge on any atom is -0.258 e. The molecule has 0 aromatic heterocycles. The van der Waals surface area contributed by atoms with Crippen LogP contribution in [0.5, 0.6) is 0 Å². The summed E-state index contributed by atoms with van der Waals surface area (Å²) in [6, 6.07) is 0. The molecule has 0 bridgehead atoms. The first-order valence-electron chi connectivity index (χ1n) is 6.80. The van der Waals surface area contributed by atoms with Crippen molar-refractivity contribution in [1.29, 1.82) is 0 Å². The third-order valence-electron chi connectivity index (χ3n) is 3.67. The number of hydrogen-bond donors (Lipinski definition) is 0. The number of benzene rings is 1. The van der Waals surface area contributed by atoms with E-state index in [0.29, 0.717) is 0 Å². The van der Waals surface area contributed by atoms with Crippen molar-refractivity contribution in [3.8, 4) is 0 Å². The van der Waals surface area contributed by atoms with Gasteiger partial charge < -0.3 is 0 Å². The fourth-order valence-corrected chi connectivity index (χ4v) is 1.98. The monoisotopic (exact) mass is 513 g/mol. The number of alkyl halides is 13. The van der Waals surface area contributed by atoms with Crippen LogP contribution in [0, 0.1) is 33.4 Å². The van der Waals surface area contributed by atoms with Crippen molar-refractivity contribution < 1.29 is 79.6 Å². The van der Waals surface area contributed by atoms with Crippen LogP contribution in [-0.2, 0) is 5.92 Å². The molecule has 0 radical (unpaired) electrons. The average molecular weight is 513 g/mol. The second kappa shape index (κ2) is 7.22. The molecule has 0 fully saturated rings. The maximum absolute atomic E-state index is 13.8. The summed E-state index contributed by atoms with van der Waals surface area (Å²) in [7, 11) is 0. The van der Waals surface area contributed by atoms with E-state index in [-0.39, 0.29) is 0 Å². The lowest BCUT2D eigenvalue weighted by atomic mass is 9.89. The van der Waals surface area contributed by atoms with Crippen molar-refractivity contribution in [3.05, 3.63) is 38.9 Å². The number of rotatable bonds is 6. The first-order chi connectivity index (χ1) is 13.8. The molecule has 1 rings (SSSR count). The summed E-state index contributed by atoms with van der Waals surface area (Å²) in [5.41, 5.74) is -7.48. The molecule has 0 atom stereocenters. The van der Waals surface area contributed by atoms with E-state index in [2.05, 4.69) is 0 Å². The summed E-state index contributed by atoms with van der Waals surface area (Å²) in [6.45, 7) is 0. The quantitative estimate of drug-likeness (QED) is 0.147. The maximum Gasteiger partial charge on any atom is 0.460 e.